The first-order valence-corrected chi connectivity index (χ1v) is 3.65. The molecule has 2 heteroatoms. The molecule has 0 radical (unpaired) electrons. The molecular weight excluding hydrogens is 106 g/mol. The lowest BCUT2D eigenvalue weighted by Gasteiger charge is -1.84. The molecule has 0 bridgehead atoms. The molecule has 7 heavy (non-hydrogen) atoms. The molecule has 0 aliphatic carbocycles. The van der Waals surface area contributed by atoms with Crippen molar-refractivity contribution in [3.63, 3.8) is 0 Å². The van der Waals surface area contributed by atoms with Crippen LogP contribution in [-0.2, 0) is 0 Å². The van der Waals surface area contributed by atoms with Gasteiger partial charge in [-0.3, -0.25) is 4.99 Å². The molecular formula is C5H9NS. The van der Waals surface area contributed by atoms with Gasteiger partial charge < -0.3 is 0 Å². The maximum Gasteiger partial charge on any atom is 0.0541 e. The first-order chi connectivity index (χ1) is 3.50. The van der Waals surface area contributed by atoms with Gasteiger partial charge in [-0.2, -0.15) is 0 Å². The molecule has 0 fully saturated rings. The number of hydrogen-bond donors (Lipinski definition) is 0. The molecule has 0 aromatic carbocycles. The van der Waals surface area contributed by atoms with Crippen LogP contribution in [0.3, 0.4) is 0 Å². The Labute approximate surface area is 48.2 Å². The minimum atomic E-state index is 1.05. The fourth-order valence-electron chi connectivity index (χ4n) is 0.547. The van der Waals surface area contributed by atoms with Gasteiger partial charge in [-0.05, 0) is 18.6 Å². The Bertz CT molecular complexity index is 62.5. The maximum absolute atomic E-state index is 4.11. The van der Waals surface area contributed by atoms with Crippen LogP contribution < -0.4 is 0 Å². The van der Waals surface area contributed by atoms with Crippen molar-refractivity contribution in [3.8, 4) is 0 Å². The Morgan fingerprint density at radius 1 is 1.43 bits per heavy atom. The number of nitrogens with zero attached hydrogens (tertiary/aromatic N) is 1. The molecule has 0 amide bonds. The fraction of sp³-hybridized carbons (Fsp3) is 0.800. The molecule has 1 nitrogen and oxygen atoms in total. The third-order valence-electron chi connectivity index (χ3n) is 0.948. The van der Waals surface area contributed by atoms with Crippen LogP contribution in [0.25, 0.3) is 0 Å². The molecule has 1 rings (SSSR count). The summed E-state index contributed by atoms with van der Waals surface area (Å²) in [6.45, 7) is 1.05. The van der Waals surface area contributed by atoms with Crippen molar-refractivity contribution < 1.29 is 0 Å². The second-order valence-corrected chi connectivity index (χ2v) is 2.54. The molecule has 0 aromatic heterocycles. The monoisotopic (exact) mass is 115 g/mol. The van der Waals surface area contributed by atoms with E-state index in [0.29, 0.717) is 0 Å². The predicted octanol–water partition coefficient (Wildman–Crippen LogP) is 1.54. The standard InChI is InChI=1S/C5H9NS/c1-2-4-7-5-6-3-1/h5H,1-4H2. The van der Waals surface area contributed by atoms with Crippen LogP contribution in [0.2, 0.25) is 0 Å². The molecule has 0 unspecified atom stereocenters. The van der Waals surface area contributed by atoms with Gasteiger partial charge in [0.2, 0.25) is 0 Å². The molecule has 0 atom stereocenters. The first-order valence-electron chi connectivity index (χ1n) is 2.60. The van der Waals surface area contributed by atoms with E-state index in [4.69, 9.17) is 0 Å². The summed E-state index contributed by atoms with van der Waals surface area (Å²) >= 11 is 1.82. The molecule has 0 aromatic rings. The lowest BCUT2D eigenvalue weighted by Crippen LogP contribution is -1.77. The molecule has 0 N–H and O–H groups in total. The summed E-state index contributed by atoms with van der Waals surface area (Å²) in [5, 5.41) is 0. The van der Waals surface area contributed by atoms with Gasteiger partial charge in [-0.15, -0.1) is 11.8 Å². The van der Waals surface area contributed by atoms with E-state index in [0.717, 1.165) is 6.54 Å². The topological polar surface area (TPSA) is 12.4 Å². The second-order valence-electron chi connectivity index (χ2n) is 1.59. The average Bonchev–Trinajstić information content (AvgIpc) is 1.90. The lowest BCUT2D eigenvalue weighted by molar-refractivity contribution is 0.824. The summed E-state index contributed by atoms with van der Waals surface area (Å²) in [5.41, 5.74) is 1.97. The highest BCUT2D eigenvalue weighted by molar-refractivity contribution is 8.12. The SMILES string of the molecule is C1=NCCCCS1. The second kappa shape index (κ2) is 3.08. The summed E-state index contributed by atoms with van der Waals surface area (Å²) in [6, 6.07) is 0. The molecule has 1 aliphatic heterocycles. The highest BCUT2D eigenvalue weighted by Crippen LogP contribution is 2.04. The average molecular weight is 115 g/mol. The van der Waals surface area contributed by atoms with E-state index in [2.05, 4.69) is 4.99 Å². The Morgan fingerprint density at radius 2 is 2.43 bits per heavy atom. The van der Waals surface area contributed by atoms with Gasteiger partial charge >= 0.3 is 0 Å². The Hall–Kier alpha value is 0.0200. The summed E-state index contributed by atoms with van der Waals surface area (Å²) < 4.78 is 0. The van der Waals surface area contributed by atoms with Crippen molar-refractivity contribution in [1.82, 2.24) is 0 Å². The number of hydrogen-bond acceptors (Lipinski definition) is 2. The molecule has 1 heterocycles. The Kier molecular flexibility index (Phi) is 2.27. The first kappa shape index (κ1) is 5.16. The highest BCUT2D eigenvalue weighted by Gasteiger charge is 1.89. The van der Waals surface area contributed by atoms with E-state index < -0.39 is 0 Å². The van der Waals surface area contributed by atoms with E-state index in [1.54, 1.807) is 0 Å². The quantitative estimate of drug-likeness (QED) is 0.466. The zero-order valence-electron chi connectivity index (χ0n) is 4.26. The highest BCUT2D eigenvalue weighted by atomic mass is 32.2. The normalized spacial score (nSPS) is 21.7. The van der Waals surface area contributed by atoms with Crippen molar-refractivity contribution in [2.75, 3.05) is 12.3 Å². The third kappa shape index (κ3) is 1.97. The van der Waals surface area contributed by atoms with Gasteiger partial charge in [0, 0.05) is 6.54 Å². The summed E-state index contributed by atoms with van der Waals surface area (Å²) in [4.78, 5) is 4.11. The lowest BCUT2D eigenvalue weighted by atomic mass is 10.3. The van der Waals surface area contributed by atoms with Gasteiger partial charge in [0.15, 0.2) is 0 Å². The molecule has 0 saturated heterocycles. The largest absolute Gasteiger partial charge is 0.286 e. The van der Waals surface area contributed by atoms with Gasteiger partial charge in [-0.1, -0.05) is 0 Å². The van der Waals surface area contributed by atoms with Crippen LogP contribution in [-0.4, -0.2) is 17.8 Å². The number of thioether (sulfide) groups is 1. The van der Waals surface area contributed by atoms with Crippen LogP contribution in [0.1, 0.15) is 12.8 Å². The summed E-state index contributed by atoms with van der Waals surface area (Å²) in [6.07, 6.45) is 2.62. The van der Waals surface area contributed by atoms with Crippen molar-refractivity contribution in [3.05, 3.63) is 0 Å². The summed E-state index contributed by atoms with van der Waals surface area (Å²) in [7, 11) is 0. The van der Waals surface area contributed by atoms with Crippen molar-refractivity contribution in [2.24, 2.45) is 4.99 Å². The zero-order chi connectivity index (χ0) is 4.95. The predicted molar refractivity (Wildman–Crippen MR) is 35.1 cm³/mol. The molecule has 1 aliphatic rings. The van der Waals surface area contributed by atoms with Crippen LogP contribution in [0.15, 0.2) is 4.99 Å². The Balaban J connectivity index is 2.20. The molecule has 40 valence electrons. The third-order valence-corrected chi connectivity index (χ3v) is 1.77. The molecule has 0 spiro atoms. The van der Waals surface area contributed by atoms with Gasteiger partial charge in [0.05, 0.1) is 5.55 Å². The van der Waals surface area contributed by atoms with Crippen LogP contribution in [0, 0.1) is 0 Å². The van der Waals surface area contributed by atoms with Crippen molar-refractivity contribution in [2.45, 2.75) is 12.8 Å². The fourth-order valence-corrected chi connectivity index (χ4v) is 1.23. The van der Waals surface area contributed by atoms with Gasteiger partial charge in [0.25, 0.3) is 0 Å². The van der Waals surface area contributed by atoms with Crippen molar-refractivity contribution >= 4 is 17.3 Å². The van der Waals surface area contributed by atoms with Crippen LogP contribution >= 0.6 is 11.8 Å². The Morgan fingerprint density at radius 3 is 3.43 bits per heavy atom. The van der Waals surface area contributed by atoms with Crippen LogP contribution in [0.5, 0.6) is 0 Å². The zero-order valence-corrected chi connectivity index (χ0v) is 5.08. The van der Waals surface area contributed by atoms with Gasteiger partial charge in [0.1, 0.15) is 0 Å². The van der Waals surface area contributed by atoms with E-state index in [-0.39, 0.29) is 0 Å². The number of rotatable bonds is 0. The van der Waals surface area contributed by atoms with E-state index >= 15 is 0 Å². The smallest absolute Gasteiger partial charge is 0.0541 e. The van der Waals surface area contributed by atoms with Crippen LogP contribution in [0.4, 0.5) is 0 Å². The minimum absolute atomic E-state index is 1.05. The maximum atomic E-state index is 4.11. The van der Waals surface area contributed by atoms with E-state index in [1.807, 2.05) is 17.3 Å². The van der Waals surface area contributed by atoms with Gasteiger partial charge in [-0.25, -0.2) is 0 Å². The summed E-state index contributed by atoms with van der Waals surface area (Å²) in [5.74, 6) is 1.27. The number of aliphatic imine (C=N–C) groups is 1. The van der Waals surface area contributed by atoms with E-state index in [9.17, 15) is 0 Å². The van der Waals surface area contributed by atoms with E-state index in [1.165, 1.54) is 18.6 Å². The molecule has 0 saturated carbocycles. The van der Waals surface area contributed by atoms with Crippen molar-refractivity contribution in [1.29, 1.82) is 0 Å². The minimum Gasteiger partial charge on any atom is -0.286 e.